The molecule has 10 aromatic rings. The molecule has 0 radical (unpaired) electrons. The molecule has 0 amide bonds. The Bertz CT molecular complexity index is 3070. The van der Waals surface area contributed by atoms with Crippen molar-refractivity contribution in [2.45, 2.75) is 0 Å². The molecule has 260 valence electrons. The Morgan fingerprint density at radius 2 is 0.714 bits per heavy atom. The normalized spacial score (nSPS) is 11.2. The summed E-state index contributed by atoms with van der Waals surface area (Å²) in [5, 5.41) is 16.6. The summed E-state index contributed by atoms with van der Waals surface area (Å²) in [6.45, 7) is 0. The molecule has 1 aromatic heterocycles. The van der Waals surface area contributed by atoms with E-state index in [-0.39, 0.29) is 0 Å². The van der Waals surface area contributed by atoms with Crippen molar-refractivity contribution < 1.29 is 0 Å². The van der Waals surface area contributed by atoms with Crippen LogP contribution in [-0.4, -0.2) is 15.0 Å². The van der Waals surface area contributed by atoms with Crippen molar-refractivity contribution in [1.82, 2.24) is 15.0 Å². The fraction of sp³-hybridized carbons (Fsp3) is 0. The average Bonchev–Trinajstić information content (AvgIpc) is 3.29. The smallest absolute Gasteiger partial charge is 0.164 e. The molecule has 9 aromatic carbocycles. The molecule has 0 aliphatic rings. The monoisotopic (exact) mass is 712 g/mol. The second kappa shape index (κ2) is 13.9. The van der Waals surface area contributed by atoms with Crippen LogP contribution in [0.3, 0.4) is 0 Å². The zero-order valence-electron chi connectivity index (χ0n) is 30.3. The summed E-state index contributed by atoms with van der Waals surface area (Å²) >= 11 is 0. The van der Waals surface area contributed by atoms with Gasteiger partial charge in [0, 0.05) is 16.7 Å². The van der Waals surface area contributed by atoms with E-state index in [1.54, 1.807) is 0 Å². The van der Waals surface area contributed by atoms with E-state index in [4.69, 9.17) is 15.0 Å². The van der Waals surface area contributed by atoms with Crippen LogP contribution in [0.15, 0.2) is 194 Å². The maximum Gasteiger partial charge on any atom is 0.164 e. The van der Waals surface area contributed by atoms with Crippen LogP contribution in [0.1, 0.15) is 5.56 Å². The van der Waals surface area contributed by atoms with Crippen molar-refractivity contribution in [3.05, 3.63) is 200 Å². The Morgan fingerprint density at radius 1 is 0.286 bits per heavy atom. The quantitative estimate of drug-likeness (QED) is 0.161. The first kappa shape index (κ1) is 32.9. The SMILES string of the molecule is N#Cc1cccc(-c2ccc(-c3cc4c5ccccc5c(-c5cccc(-c6nc(-c7ccccc7)nc(-c7ccccc7)n6)c5)cc4c4ccccc34)cc2)c1. The lowest BCUT2D eigenvalue weighted by atomic mass is 9.87. The highest BCUT2D eigenvalue weighted by molar-refractivity contribution is 6.23. The topological polar surface area (TPSA) is 62.5 Å². The predicted octanol–water partition coefficient (Wildman–Crippen LogP) is 13.2. The van der Waals surface area contributed by atoms with Crippen molar-refractivity contribution >= 4 is 32.3 Å². The van der Waals surface area contributed by atoms with Gasteiger partial charge in [-0.3, -0.25) is 0 Å². The molecule has 0 aliphatic carbocycles. The van der Waals surface area contributed by atoms with E-state index in [1.807, 2.05) is 78.9 Å². The summed E-state index contributed by atoms with van der Waals surface area (Å²) in [5.74, 6) is 1.91. The predicted molar refractivity (Wildman–Crippen MR) is 230 cm³/mol. The van der Waals surface area contributed by atoms with Gasteiger partial charge >= 0.3 is 0 Å². The fourth-order valence-corrected chi connectivity index (χ4v) is 7.80. The maximum atomic E-state index is 9.44. The highest BCUT2D eigenvalue weighted by Crippen LogP contribution is 2.42. The molecule has 0 saturated carbocycles. The van der Waals surface area contributed by atoms with Crippen LogP contribution in [0.4, 0.5) is 0 Å². The van der Waals surface area contributed by atoms with Crippen molar-refractivity contribution in [1.29, 1.82) is 5.26 Å². The van der Waals surface area contributed by atoms with Gasteiger partial charge in [0.25, 0.3) is 0 Å². The number of aromatic nitrogens is 3. The molecule has 1 heterocycles. The average molecular weight is 713 g/mol. The van der Waals surface area contributed by atoms with Gasteiger partial charge in [-0.1, -0.05) is 164 Å². The number of hydrogen-bond acceptors (Lipinski definition) is 4. The van der Waals surface area contributed by atoms with Gasteiger partial charge in [0.15, 0.2) is 17.5 Å². The summed E-state index contributed by atoms with van der Waals surface area (Å²) < 4.78 is 0. The lowest BCUT2D eigenvalue weighted by Gasteiger charge is -2.16. The van der Waals surface area contributed by atoms with Gasteiger partial charge in [-0.15, -0.1) is 0 Å². The van der Waals surface area contributed by atoms with Crippen LogP contribution >= 0.6 is 0 Å². The van der Waals surface area contributed by atoms with Crippen molar-refractivity contribution in [2.75, 3.05) is 0 Å². The molecular formula is C52H32N4. The van der Waals surface area contributed by atoms with Gasteiger partial charge in [-0.05, 0) is 96.0 Å². The molecule has 0 atom stereocenters. The third-order valence-corrected chi connectivity index (χ3v) is 10.5. The number of rotatable bonds is 6. The first-order chi connectivity index (χ1) is 27.7. The van der Waals surface area contributed by atoms with Crippen LogP contribution in [0.2, 0.25) is 0 Å². The van der Waals surface area contributed by atoms with Gasteiger partial charge in [0.05, 0.1) is 11.6 Å². The maximum absolute atomic E-state index is 9.44. The van der Waals surface area contributed by atoms with Crippen molar-refractivity contribution in [3.63, 3.8) is 0 Å². The highest BCUT2D eigenvalue weighted by atomic mass is 15.0. The van der Waals surface area contributed by atoms with Gasteiger partial charge in [-0.2, -0.15) is 5.26 Å². The van der Waals surface area contributed by atoms with E-state index in [9.17, 15) is 5.26 Å². The van der Waals surface area contributed by atoms with Crippen LogP contribution in [0.25, 0.3) is 99.9 Å². The lowest BCUT2D eigenvalue weighted by Crippen LogP contribution is -2.00. The van der Waals surface area contributed by atoms with E-state index < -0.39 is 0 Å². The molecule has 4 nitrogen and oxygen atoms in total. The first-order valence-corrected chi connectivity index (χ1v) is 18.7. The zero-order valence-corrected chi connectivity index (χ0v) is 30.3. The zero-order chi connectivity index (χ0) is 37.4. The molecule has 0 fully saturated rings. The molecule has 0 saturated heterocycles. The minimum absolute atomic E-state index is 0.628. The Morgan fingerprint density at radius 3 is 1.29 bits per heavy atom. The Hall–Kier alpha value is -7.74. The lowest BCUT2D eigenvalue weighted by molar-refractivity contribution is 1.07. The second-order valence-corrected chi connectivity index (χ2v) is 13.9. The third kappa shape index (κ3) is 5.94. The van der Waals surface area contributed by atoms with Crippen LogP contribution in [0.5, 0.6) is 0 Å². The molecule has 4 heteroatoms. The van der Waals surface area contributed by atoms with Crippen LogP contribution < -0.4 is 0 Å². The largest absolute Gasteiger partial charge is 0.208 e. The minimum Gasteiger partial charge on any atom is -0.208 e. The third-order valence-electron chi connectivity index (χ3n) is 10.5. The molecule has 0 bridgehead atoms. The van der Waals surface area contributed by atoms with E-state index >= 15 is 0 Å². The number of nitrogens with zero attached hydrogens (tertiary/aromatic N) is 4. The molecule has 56 heavy (non-hydrogen) atoms. The fourth-order valence-electron chi connectivity index (χ4n) is 7.80. The molecule has 0 unspecified atom stereocenters. The summed E-state index contributed by atoms with van der Waals surface area (Å²) in [4.78, 5) is 14.9. The number of hydrogen-bond donors (Lipinski definition) is 0. The number of fused-ring (bicyclic) bond motifs is 5. The summed E-state index contributed by atoms with van der Waals surface area (Å²) in [6.07, 6.45) is 0. The Balaban J connectivity index is 1.13. The van der Waals surface area contributed by atoms with Crippen LogP contribution in [-0.2, 0) is 0 Å². The summed E-state index contributed by atoms with van der Waals surface area (Å²) in [5.41, 5.74) is 10.1. The molecule has 0 spiro atoms. The molecule has 0 N–H and O–H groups in total. The minimum atomic E-state index is 0.628. The van der Waals surface area contributed by atoms with Gasteiger partial charge in [-0.25, -0.2) is 15.0 Å². The van der Waals surface area contributed by atoms with E-state index in [0.717, 1.165) is 44.5 Å². The summed E-state index contributed by atoms with van der Waals surface area (Å²) in [7, 11) is 0. The molecule has 10 rings (SSSR count). The highest BCUT2D eigenvalue weighted by Gasteiger charge is 2.17. The van der Waals surface area contributed by atoms with E-state index in [0.29, 0.717) is 23.0 Å². The van der Waals surface area contributed by atoms with Crippen molar-refractivity contribution in [2.24, 2.45) is 0 Å². The summed E-state index contributed by atoms with van der Waals surface area (Å²) in [6, 6.07) is 69.6. The van der Waals surface area contributed by atoms with Crippen LogP contribution in [0, 0.1) is 11.3 Å². The second-order valence-electron chi connectivity index (χ2n) is 13.9. The van der Waals surface area contributed by atoms with E-state index in [2.05, 4.69) is 121 Å². The van der Waals surface area contributed by atoms with Gasteiger partial charge in [0.1, 0.15) is 0 Å². The van der Waals surface area contributed by atoms with Gasteiger partial charge < -0.3 is 0 Å². The number of nitriles is 1. The number of benzene rings is 9. The Labute approximate surface area is 324 Å². The Kier molecular flexibility index (Phi) is 8.17. The standard InChI is InChI=1S/C52H32N4/c53-33-34-13-11-18-39(29-34)35-25-27-36(28-26-35)46-31-48-45-24-10-8-22-43(45)47(32-49(48)44-23-9-7-21-42(44)46)40-19-12-20-41(30-40)52-55-50(37-14-3-1-4-15-37)54-51(56-52)38-16-5-2-6-17-38/h1-32H. The van der Waals surface area contributed by atoms with Gasteiger partial charge in [0.2, 0.25) is 0 Å². The van der Waals surface area contributed by atoms with Crippen molar-refractivity contribution in [3.8, 4) is 73.6 Å². The molecular weight excluding hydrogens is 681 g/mol. The molecule has 0 aliphatic heterocycles. The van der Waals surface area contributed by atoms with E-state index in [1.165, 1.54) is 37.9 Å². The first-order valence-electron chi connectivity index (χ1n) is 18.7.